The monoisotopic (exact) mass is 421 g/mol. The van der Waals surface area contributed by atoms with Crippen molar-refractivity contribution in [1.82, 2.24) is 15.1 Å². The Morgan fingerprint density at radius 1 is 1.04 bits per heavy atom. The van der Waals surface area contributed by atoms with Gasteiger partial charge in [-0.2, -0.15) is 0 Å². The molecule has 1 N–H and O–H groups in total. The molecule has 2 aliphatic heterocycles. The highest BCUT2D eigenvalue weighted by Crippen LogP contribution is 2.22. The summed E-state index contributed by atoms with van der Waals surface area (Å²) >= 11 is 3.37. The quantitative estimate of drug-likeness (QED) is 0.812. The lowest BCUT2D eigenvalue weighted by Gasteiger charge is -2.33. The van der Waals surface area contributed by atoms with Gasteiger partial charge >= 0.3 is 0 Å². The van der Waals surface area contributed by atoms with Crippen molar-refractivity contribution in [3.8, 4) is 0 Å². The number of likely N-dealkylation sites (tertiary alicyclic amines) is 2. The van der Waals surface area contributed by atoms with Crippen molar-refractivity contribution in [2.24, 2.45) is 0 Å². The number of hydrogen-bond donors (Lipinski definition) is 1. The van der Waals surface area contributed by atoms with Gasteiger partial charge in [0.15, 0.2) is 0 Å². The van der Waals surface area contributed by atoms with Crippen LogP contribution in [-0.2, 0) is 9.59 Å². The molecule has 2 aliphatic rings. The van der Waals surface area contributed by atoms with E-state index in [2.05, 4.69) is 21.2 Å². The fraction of sp³-hybridized carbons (Fsp3) is 0.526. The number of benzene rings is 1. The zero-order valence-electron chi connectivity index (χ0n) is 14.9. The van der Waals surface area contributed by atoms with Gasteiger partial charge in [-0.25, -0.2) is 0 Å². The van der Waals surface area contributed by atoms with Gasteiger partial charge in [-0.1, -0.05) is 15.9 Å². The van der Waals surface area contributed by atoms with Crippen LogP contribution in [0.15, 0.2) is 28.7 Å². The number of rotatable bonds is 3. The summed E-state index contributed by atoms with van der Waals surface area (Å²) in [5.41, 5.74) is 0.600. The molecule has 6 nitrogen and oxygen atoms in total. The summed E-state index contributed by atoms with van der Waals surface area (Å²) in [5.74, 6) is -0.0902. The third-order valence-corrected chi connectivity index (χ3v) is 5.72. The van der Waals surface area contributed by atoms with E-state index in [-0.39, 0.29) is 23.8 Å². The second-order valence-corrected chi connectivity index (χ2v) is 7.87. The standard InChI is InChI=1S/C19H24BrN3O3/c1-13(24)22-11-8-16(9-12-22)21-18(25)17-3-2-10-23(17)19(26)14-4-6-15(20)7-5-14/h4-7,16-17H,2-3,8-12H2,1H3,(H,21,25). The Kier molecular flexibility index (Phi) is 5.96. The van der Waals surface area contributed by atoms with Gasteiger partial charge in [0.25, 0.3) is 5.91 Å². The van der Waals surface area contributed by atoms with Crippen LogP contribution in [0.4, 0.5) is 0 Å². The van der Waals surface area contributed by atoms with Crippen LogP contribution in [0.1, 0.15) is 43.0 Å². The zero-order chi connectivity index (χ0) is 18.7. The zero-order valence-corrected chi connectivity index (χ0v) is 16.5. The molecule has 0 aliphatic carbocycles. The molecule has 7 heteroatoms. The van der Waals surface area contributed by atoms with Crippen LogP contribution in [0, 0.1) is 0 Å². The molecule has 2 heterocycles. The molecule has 1 aromatic carbocycles. The molecule has 0 bridgehead atoms. The van der Waals surface area contributed by atoms with Crippen LogP contribution < -0.4 is 5.32 Å². The summed E-state index contributed by atoms with van der Waals surface area (Å²) in [7, 11) is 0. The number of nitrogens with one attached hydrogen (secondary N) is 1. The Morgan fingerprint density at radius 2 is 1.69 bits per heavy atom. The van der Waals surface area contributed by atoms with Crippen LogP contribution in [0.3, 0.4) is 0 Å². The lowest BCUT2D eigenvalue weighted by atomic mass is 10.0. The summed E-state index contributed by atoms with van der Waals surface area (Å²) in [6.07, 6.45) is 3.06. The molecule has 3 rings (SSSR count). The Labute approximate surface area is 162 Å². The molecule has 0 saturated carbocycles. The van der Waals surface area contributed by atoms with Crippen molar-refractivity contribution in [1.29, 1.82) is 0 Å². The smallest absolute Gasteiger partial charge is 0.254 e. The van der Waals surface area contributed by atoms with E-state index in [4.69, 9.17) is 0 Å². The highest BCUT2D eigenvalue weighted by atomic mass is 79.9. The number of carbonyl (C=O) groups is 3. The molecular weight excluding hydrogens is 398 g/mol. The molecule has 1 atom stereocenters. The van der Waals surface area contributed by atoms with E-state index in [1.165, 1.54) is 0 Å². The minimum Gasteiger partial charge on any atom is -0.351 e. The van der Waals surface area contributed by atoms with E-state index in [1.807, 2.05) is 17.0 Å². The van der Waals surface area contributed by atoms with Crippen LogP contribution in [0.2, 0.25) is 0 Å². The van der Waals surface area contributed by atoms with E-state index in [9.17, 15) is 14.4 Å². The summed E-state index contributed by atoms with van der Waals surface area (Å²) in [5, 5.41) is 3.09. The molecule has 0 spiro atoms. The van der Waals surface area contributed by atoms with E-state index < -0.39 is 6.04 Å². The maximum atomic E-state index is 12.8. The number of hydrogen-bond acceptors (Lipinski definition) is 3. The third-order valence-electron chi connectivity index (χ3n) is 5.19. The molecule has 3 amide bonds. The normalized spacial score (nSPS) is 20.9. The van der Waals surface area contributed by atoms with Crippen LogP contribution in [0.25, 0.3) is 0 Å². The lowest BCUT2D eigenvalue weighted by molar-refractivity contribution is -0.130. The van der Waals surface area contributed by atoms with Gasteiger partial charge in [0.2, 0.25) is 11.8 Å². The number of amides is 3. The molecule has 0 radical (unpaired) electrons. The molecule has 0 aromatic heterocycles. The van der Waals surface area contributed by atoms with Crippen molar-refractivity contribution in [3.63, 3.8) is 0 Å². The van der Waals surface area contributed by atoms with Gasteiger partial charge in [0.05, 0.1) is 0 Å². The van der Waals surface area contributed by atoms with Gasteiger partial charge in [0.1, 0.15) is 6.04 Å². The number of piperidine rings is 1. The highest BCUT2D eigenvalue weighted by Gasteiger charge is 2.35. The third kappa shape index (κ3) is 4.26. The minimum absolute atomic E-state index is 0.0725. The van der Waals surface area contributed by atoms with Gasteiger partial charge in [-0.15, -0.1) is 0 Å². The largest absolute Gasteiger partial charge is 0.351 e. The maximum Gasteiger partial charge on any atom is 0.254 e. The molecule has 1 unspecified atom stereocenters. The van der Waals surface area contributed by atoms with Gasteiger partial charge in [0, 0.05) is 42.6 Å². The molecule has 2 saturated heterocycles. The first kappa shape index (κ1) is 18.9. The van der Waals surface area contributed by atoms with E-state index in [0.29, 0.717) is 31.6 Å². The SMILES string of the molecule is CC(=O)N1CCC(NC(=O)C2CCCN2C(=O)c2ccc(Br)cc2)CC1. The average molecular weight is 422 g/mol. The lowest BCUT2D eigenvalue weighted by Crippen LogP contribution is -2.51. The van der Waals surface area contributed by atoms with Crippen molar-refractivity contribution < 1.29 is 14.4 Å². The summed E-state index contributed by atoms with van der Waals surface area (Å²) in [6, 6.07) is 6.89. The predicted molar refractivity (Wildman–Crippen MR) is 102 cm³/mol. The van der Waals surface area contributed by atoms with Crippen molar-refractivity contribution in [2.75, 3.05) is 19.6 Å². The second-order valence-electron chi connectivity index (χ2n) is 6.95. The second kappa shape index (κ2) is 8.20. The molecular formula is C19H24BrN3O3. The number of halogens is 1. The number of carbonyl (C=O) groups excluding carboxylic acids is 3. The van der Waals surface area contributed by atoms with Crippen molar-refractivity contribution in [3.05, 3.63) is 34.3 Å². The highest BCUT2D eigenvalue weighted by molar-refractivity contribution is 9.10. The Hall–Kier alpha value is -1.89. The van der Waals surface area contributed by atoms with Gasteiger partial charge in [-0.3, -0.25) is 14.4 Å². The first-order valence-corrected chi connectivity index (χ1v) is 9.87. The predicted octanol–water partition coefficient (Wildman–Crippen LogP) is 2.18. The minimum atomic E-state index is -0.406. The summed E-state index contributed by atoms with van der Waals surface area (Å²) in [4.78, 5) is 40.4. The van der Waals surface area contributed by atoms with Crippen molar-refractivity contribution in [2.45, 2.75) is 44.7 Å². The number of nitrogens with zero attached hydrogens (tertiary/aromatic N) is 2. The van der Waals surface area contributed by atoms with Crippen LogP contribution >= 0.6 is 15.9 Å². The summed E-state index contributed by atoms with van der Waals surface area (Å²) < 4.78 is 0.918. The summed E-state index contributed by atoms with van der Waals surface area (Å²) in [6.45, 7) is 3.53. The van der Waals surface area contributed by atoms with E-state index in [0.717, 1.165) is 23.7 Å². The average Bonchev–Trinajstić information content (AvgIpc) is 3.12. The van der Waals surface area contributed by atoms with Crippen LogP contribution in [-0.4, -0.2) is 59.2 Å². The molecule has 26 heavy (non-hydrogen) atoms. The Bertz CT molecular complexity index is 684. The van der Waals surface area contributed by atoms with E-state index in [1.54, 1.807) is 24.0 Å². The Morgan fingerprint density at radius 3 is 2.31 bits per heavy atom. The molecule has 1 aromatic rings. The molecule has 2 fully saturated rings. The molecule has 140 valence electrons. The topological polar surface area (TPSA) is 69.7 Å². The fourth-order valence-corrected chi connectivity index (χ4v) is 3.94. The fourth-order valence-electron chi connectivity index (χ4n) is 3.68. The van der Waals surface area contributed by atoms with Gasteiger partial charge in [-0.05, 0) is 49.9 Å². The maximum absolute atomic E-state index is 12.8. The first-order valence-electron chi connectivity index (χ1n) is 9.08. The van der Waals surface area contributed by atoms with Crippen molar-refractivity contribution >= 4 is 33.7 Å². The van der Waals surface area contributed by atoms with Gasteiger partial charge < -0.3 is 15.1 Å². The first-order chi connectivity index (χ1) is 12.5. The van der Waals surface area contributed by atoms with Crippen LogP contribution in [0.5, 0.6) is 0 Å². The van der Waals surface area contributed by atoms with E-state index >= 15 is 0 Å². The Balaban J connectivity index is 1.59.